The number of para-hydroxylation sites is 2. The van der Waals surface area contributed by atoms with Crippen LogP contribution in [0.5, 0.6) is 0 Å². The van der Waals surface area contributed by atoms with Gasteiger partial charge in [0.1, 0.15) is 12.4 Å². The van der Waals surface area contributed by atoms with Gasteiger partial charge in [-0.3, -0.25) is 19.3 Å². The molecule has 1 aromatic heterocycles. The van der Waals surface area contributed by atoms with Crippen LogP contribution in [-0.2, 0) is 14.8 Å². The zero-order valence-corrected chi connectivity index (χ0v) is 18.5. The average molecular weight is 464 g/mol. The summed E-state index contributed by atoms with van der Waals surface area (Å²) in [5.41, 5.74) is 6.19. The van der Waals surface area contributed by atoms with Crippen LogP contribution in [0.3, 0.4) is 0 Å². The minimum absolute atomic E-state index is 0.0851. The van der Waals surface area contributed by atoms with E-state index in [0.29, 0.717) is 22.7 Å². The normalized spacial score (nSPS) is 11.3. The van der Waals surface area contributed by atoms with Crippen molar-refractivity contribution in [2.75, 3.05) is 16.3 Å². The first kappa shape index (κ1) is 22.0. The number of nitrogens with two attached hydrogens (primary N) is 1. The number of aryl methyl sites for hydroxylation is 1. The van der Waals surface area contributed by atoms with Crippen LogP contribution in [0.2, 0.25) is 0 Å². The van der Waals surface area contributed by atoms with Gasteiger partial charge < -0.3 is 5.73 Å². The maximum atomic E-state index is 13.5. The molecule has 0 atom stereocenters. The molecule has 0 fully saturated rings. The Morgan fingerprint density at radius 3 is 2.30 bits per heavy atom. The van der Waals surface area contributed by atoms with Crippen molar-refractivity contribution < 1.29 is 13.2 Å². The molecule has 4 rings (SSSR count). The Bertz CT molecular complexity index is 1490. The molecular weight excluding hydrogens is 442 g/mol. The molecule has 0 spiro atoms. The van der Waals surface area contributed by atoms with Gasteiger partial charge in [0.15, 0.2) is 0 Å². The number of sulfonamides is 1. The van der Waals surface area contributed by atoms with E-state index >= 15 is 0 Å². The van der Waals surface area contributed by atoms with Crippen molar-refractivity contribution in [2.24, 2.45) is 5.73 Å². The van der Waals surface area contributed by atoms with Crippen molar-refractivity contribution in [1.82, 2.24) is 9.66 Å². The molecule has 1 heterocycles. The molecule has 0 aliphatic rings. The fraction of sp³-hybridized carbons (Fsp3) is 0.0870. The van der Waals surface area contributed by atoms with Gasteiger partial charge in [-0.1, -0.05) is 36.4 Å². The molecule has 3 aromatic carbocycles. The Morgan fingerprint density at radius 1 is 1.03 bits per heavy atom. The third kappa shape index (κ3) is 4.55. The third-order valence-electron chi connectivity index (χ3n) is 4.92. The van der Waals surface area contributed by atoms with Crippen molar-refractivity contribution in [3.8, 4) is 0 Å². The number of hydrogen-bond acceptors (Lipinski definition) is 6. The fourth-order valence-corrected chi connectivity index (χ4v) is 4.55. The van der Waals surface area contributed by atoms with Gasteiger partial charge in [0, 0.05) is 5.69 Å². The van der Waals surface area contributed by atoms with Gasteiger partial charge in [-0.15, -0.1) is 0 Å². The number of rotatable bonds is 7. The highest BCUT2D eigenvalue weighted by molar-refractivity contribution is 7.92. The van der Waals surface area contributed by atoms with Crippen LogP contribution in [0, 0.1) is 6.92 Å². The zero-order chi connectivity index (χ0) is 23.6. The first-order chi connectivity index (χ1) is 15.8. The lowest BCUT2D eigenvalue weighted by atomic mass is 10.2. The van der Waals surface area contributed by atoms with E-state index in [1.54, 1.807) is 67.6 Å². The smallest absolute Gasteiger partial charge is 0.280 e. The van der Waals surface area contributed by atoms with Gasteiger partial charge in [-0.05, 0) is 49.4 Å². The number of aromatic nitrogens is 2. The largest absolute Gasteiger partial charge is 0.368 e. The fourth-order valence-electron chi connectivity index (χ4n) is 3.46. The summed E-state index contributed by atoms with van der Waals surface area (Å²) in [6.07, 6.45) is 0. The molecule has 33 heavy (non-hydrogen) atoms. The quantitative estimate of drug-likeness (QED) is 0.433. The van der Waals surface area contributed by atoms with Gasteiger partial charge in [0.2, 0.25) is 5.91 Å². The van der Waals surface area contributed by atoms with E-state index in [1.807, 2.05) is 0 Å². The maximum absolute atomic E-state index is 13.5. The first-order valence-corrected chi connectivity index (χ1v) is 11.5. The summed E-state index contributed by atoms with van der Waals surface area (Å²) >= 11 is 0. The van der Waals surface area contributed by atoms with Crippen molar-refractivity contribution in [3.05, 3.63) is 95.0 Å². The second-order valence-electron chi connectivity index (χ2n) is 7.29. The predicted molar refractivity (Wildman–Crippen MR) is 126 cm³/mol. The summed E-state index contributed by atoms with van der Waals surface area (Å²) in [5.74, 6) is -0.329. The summed E-state index contributed by atoms with van der Waals surface area (Å²) in [6, 6.07) is 21.4. The number of benzene rings is 3. The lowest BCUT2D eigenvalue weighted by molar-refractivity contribution is -0.116. The summed E-state index contributed by atoms with van der Waals surface area (Å²) in [7, 11) is -3.95. The van der Waals surface area contributed by atoms with E-state index in [1.165, 1.54) is 27.9 Å². The molecule has 0 bridgehead atoms. The average Bonchev–Trinajstić information content (AvgIpc) is 2.79. The SMILES string of the molecule is Cc1nc2ccc(S(=O)(=O)Nc3ccccc3)cc2c(=O)n1N(CC(N)=O)c1ccccc1. The molecule has 0 radical (unpaired) electrons. The van der Waals surface area contributed by atoms with Gasteiger partial charge in [0.05, 0.1) is 21.5 Å². The Kier molecular flexibility index (Phi) is 5.84. The van der Waals surface area contributed by atoms with Crippen molar-refractivity contribution in [3.63, 3.8) is 0 Å². The summed E-state index contributed by atoms with van der Waals surface area (Å²) in [6.45, 7) is 1.35. The Morgan fingerprint density at radius 2 is 1.67 bits per heavy atom. The van der Waals surface area contributed by atoms with Crippen LogP contribution >= 0.6 is 0 Å². The Balaban J connectivity index is 1.86. The third-order valence-corrected chi connectivity index (χ3v) is 6.30. The highest BCUT2D eigenvalue weighted by Crippen LogP contribution is 2.20. The van der Waals surface area contributed by atoms with Crippen molar-refractivity contribution in [2.45, 2.75) is 11.8 Å². The molecule has 0 saturated heterocycles. The van der Waals surface area contributed by atoms with Crippen LogP contribution in [0.4, 0.5) is 11.4 Å². The molecule has 0 aliphatic heterocycles. The number of primary amides is 1. The highest BCUT2D eigenvalue weighted by Gasteiger charge is 2.20. The molecule has 1 amide bonds. The number of anilines is 2. The topological polar surface area (TPSA) is 127 Å². The minimum Gasteiger partial charge on any atom is -0.368 e. The van der Waals surface area contributed by atoms with E-state index in [0.717, 1.165) is 0 Å². The summed E-state index contributed by atoms with van der Waals surface area (Å²) in [5, 5.41) is 1.50. The van der Waals surface area contributed by atoms with Crippen molar-refractivity contribution >= 4 is 38.2 Å². The first-order valence-electron chi connectivity index (χ1n) is 9.99. The maximum Gasteiger partial charge on any atom is 0.280 e. The molecule has 0 unspecified atom stereocenters. The molecule has 10 heteroatoms. The second kappa shape index (κ2) is 8.75. The standard InChI is InChI=1S/C23H21N5O4S/c1-16-25-21-13-12-19(33(31,32)26-17-8-4-2-5-9-17)14-20(21)23(30)28(16)27(15-22(24)29)18-10-6-3-7-11-18/h2-14,26H,15H2,1H3,(H2,24,29). The molecule has 9 nitrogen and oxygen atoms in total. The monoisotopic (exact) mass is 463 g/mol. The van der Waals surface area contributed by atoms with E-state index in [9.17, 15) is 18.0 Å². The number of hydrogen-bond donors (Lipinski definition) is 2. The molecule has 0 saturated carbocycles. The molecular formula is C23H21N5O4S. The number of nitrogens with one attached hydrogen (secondary N) is 1. The lowest BCUT2D eigenvalue weighted by Gasteiger charge is -2.26. The molecule has 3 N–H and O–H groups in total. The minimum atomic E-state index is -3.95. The van der Waals surface area contributed by atoms with Crippen LogP contribution in [0.1, 0.15) is 5.82 Å². The van der Waals surface area contributed by atoms with E-state index < -0.39 is 21.5 Å². The van der Waals surface area contributed by atoms with Crippen LogP contribution < -0.4 is 21.0 Å². The number of amides is 1. The predicted octanol–water partition coefficient (Wildman–Crippen LogP) is 2.26. The van der Waals surface area contributed by atoms with Gasteiger partial charge in [-0.25, -0.2) is 18.1 Å². The Labute approximate surface area is 190 Å². The molecule has 4 aromatic rings. The molecule has 0 aliphatic carbocycles. The lowest BCUT2D eigenvalue weighted by Crippen LogP contribution is -2.45. The van der Waals surface area contributed by atoms with E-state index in [4.69, 9.17) is 5.73 Å². The van der Waals surface area contributed by atoms with Crippen LogP contribution in [-0.4, -0.2) is 30.5 Å². The van der Waals surface area contributed by atoms with Gasteiger partial charge in [-0.2, -0.15) is 0 Å². The number of nitrogens with zero attached hydrogens (tertiary/aromatic N) is 3. The van der Waals surface area contributed by atoms with E-state index in [-0.39, 0.29) is 16.8 Å². The van der Waals surface area contributed by atoms with Crippen LogP contribution in [0.15, 0.2) is 88.6 Å². The summed E-state index contributed by atoms with van der Waals surface area (Å²) < 4.78 is 29.5. The number of carbonyl (C=O) groups is 1. The highest BCUT2D eigenvalue weighted by atomic mass is 32.2. The second-order valence-corrected chi connectivity index (χ2v) is 8.97. The Hall–Kier alpha value is -4.18. The number of fused-ring (bicyclic) bond motifs is 1. The molecule has 168 valence electrons. The van der Waals surface area contributed by atoms with Crippen molar-refractivity contribution in [1.29, 1.82) is 0 Å². The van der Waals surface area contributed by atoms with E-state index in [2.05, 4.69) is 9.71 Å². The van der Waals surface area contributed by atoms with Gasteiger partial charge in [0.25, 0.3) is 15.6 Å². The summed E-state index contributed by atoms with van der Waals surface area (Å²) in [4.78, 5) is 29.6. The van der Waals surface area contributed by atoms with Gasteiger partial charge >= 0.3 is 0 Å². The van der Waals surface area contributed by atoms with Crippen LogP contribution in [0.25, 0.3) is 10.9 Å². The zero-order valence-electron chi connectivity index (χ0n) is 17.7. The number of carbonyl (C=O) groups excluding carboxylic acids is 1.